The van der Waals surface area contributed by atoms with Crippen molar-refractivity contribution >= 4 is 11.6 Å². The average molecular weight is 311 g/mol. The lowest BCUT2D eigenvalue weighted by molar-refractivity contribution is -0.119. The summed E-state index contributed by atoms with van der Waals surface area (Å²) >= 11 is 0. The zero-order chi connectivity index (χ0) is 16.1. The van der Waals surface area contributed by atoms with Gasteiger partial charge in [-0.15, -0.1) is 0 Å². The maximum atomic E-state index is 12.2. The molecule has 2 aromatic rings. The number of hydrogen-bond donors (Lipinski definition) is 2. The van der Waals surface area contributed by atoms with Gasteiger partial charge in [-0.25, -0.2) is 0 Å². The van der Waals surface area contributed by atoms with Crippen molar-refractivity contribution in [1.82, 2.24) is 4.98 Å². The number of anilines is 1. The van der Waals surface area contributed by atoms with Crippen LogP contribution >= 0.6 is 0 Å². The van der Waals surface area contributed by atoms with E-state index in [2.05, 4.69) is 10.3 Å². The molecule has 3 rings (SSSR count). The van der Waals surface area contributed by atoms with Gasteiger partial charge in [-0.05, 0) is 37.5 Å². The summed E-state index contributed by atoms with van der Waals surface area (Å²) in [5, 5.41) is 2.96. The van der Waals surface area contributed by atoms with Crippen molar-refractivity contribution in [3.63, 3.8) is 0 Å². The molecule has 23 heavy (non-hydrogen) atoms. The molecule has 120 valence electrons. The van der Waals surface area contributed by atoms with E-state index < -0.39 is 0 Å². The first-order valence-electron chi connectivity index (χ1n) is 7.89. The number of nitrogens with zero attached hydrogens (tertiary/aromatic N) is 1. The van der Waals surface area contributed by atoms with Crippen molar-refractivity contribution < 1.29 is 9.53 Å². The SMILES string of the molecule is NC1CCC(C(=O)Nc2cccc(OCc3cccnc3)c2)C1. The maximum Gasteiger partial charge on any atom is 0.227 e. The van der Waals surface area contributed by atoms with E-state index in [4.69, 9.17) is 10.5 Å². The van der Waals surface area contributed by atoms with E-state index in [0.717, 1.165) is 36.3 Å². The van der Waals surface area contributed by atoms with E-state index in [1.165, 1.54) is 0 Å². The van der Waals surface area contributed by atoms with Crippen LogP contribution in [0.2, 0.25) is 0 Å². The van der Waals surface area contributed by atoms with Crippen molar-refractivity contribution in [2.45, 2.75) is 31.9 Å². The Hall–Kier alpha value is -2.40. The minimum absolute atomic E-state index is 0.0185. The summed E-state index contributed by atoms with van der Waals surface area (Å²) in [6, 6.07) is 11.4. The van der Waals surface area contributed by atoms with E-state index in [0.29, 0.717) is 6.61 Å². The number of ether oxygens (including phenoxy) is 1. The molecule has 0 saturated heterocycles. The van der Waals surface area contributed by atoms with Crippen LogP contribution in [-0.2, 0) is 11.4 Å². The molecular formula is C18H21N3O2. The Morgan fingerprint density at radius 2 is 2.22 bits per heavy atom. The lowest BCUT2D eigenvalue weighted by Gasteiger charge is -2.12. The van der Waals surface area contributed by atoms with Gasteiger partial charge in [0.2, 0.25) is 5.91 Å². The minimum Gasteiger partial charge on any atom is -0.489 e. The molecule has 1 saturated carbocycles. The number of benzene rings is 1. The summed E-state index contributed by atoms with van der Waals surface area (Å²) in [5.41, 5.74) is 7.62. The van der Waals surface area contributed by atoms with Gasteiger partial charge < -0.3 is 15.8 Å². The van der Waals surface area contributed by atoms with Gasteiger partial charge in [-0.3, -0.25) is 9.78 Å². The third-order valence-corrected chi connectivity index (χ3v) is 4.07. The van der Waals surface area contributed by atoms with Crippen LogP contribution in [0.5, 0.6) is 5.75 Å². The number of carbonyl (C=O) groups excluding carboxylic acids is 1. The third kappa shape index (κ3) is 4.29. The highest BCUT2D eigenvalue weighted by atomic mass is 16.5. The number of pyridine rings is 1. The number of rotatable bonds is 5. The molecule has 1 aliphatic rings. The zero-order valence-corrected chi connectivity index (χ0v) is 12.9. The van der Waals surface area contributed by atoms with Crippen molar-refractivity contribution in [3.8, 4) is 5.75 Å². The van der Waals surface area contributed by atoms with E-state index >= 15 is 0 Å². The molecule has 2 atom stereocenters. The number of amides is 1. The van der Waals surface area contributed by atoms with Crippen LogP contribution in [0.3, 0.4) is 0 Å². The number of hydrogen-bond acceptors (Lipinski definition) is 4. The summed E-state index contributed by atoms with van der Waals surface area (Å²) in [6.07, 6.45) is 6.06. The van der Waals surface area contributed by atoms with E-state index in [9.17, 15) is 4.79 Å². The van der Waals surface area contributed by atoms with Crippen LogP contribution in [-0.4, -0.2) is 16.9 Å². The predicted octanol–water partition coefficient (Wildman–Crippen LogP) is 2.73. The Morgan fingerprint density at radius 3 is 2.96 bits per heavy atom. The summed E-state index contributed by atoms with van der Waals surface area (Å²) < 4.78 is 5.75. The zero-order valence-electron chi connectivity index (χ0n) is 12.9. The van der Waals surface area contributed by atoms with Gasteiger partial charge in [0.25, 0.3) is 0 Å². The summed E-state index contributed by atoms with van der Waals surface area (Å²) in [7, 11) is 0. The van der Waals surface area contributed by atoms with Crippen LogP contribution in [0.15, 0.2) is 48.8 Å². The Morgan fingerprint density at radius 1 is 1.30 bits per heavy atom. The van der Waals surface area contributed by atoms with Gasteiger partial charge in [-0.2, -0.15) is 0 Å². The third-order valence-electron chi connectivity index (χ3n) is 4.07. The normalized spacial score (nSPS) is 20.2. The van der Waals surface area contributed by atoms with Crippen molar-refractivity contribution in [1.29, 1.82) is 0 Å². The van der Waals surface area contributed by atoms with Gasteiger partial charge >= 0.3 is 0 Å². The maximum absolute atomic E-state index is 12.2. The molecule has 0 radical (unpaired) electrons. The Labute approximate surface area is 135 Å². The molecule has 1 heterocycles. The van der Waals surface area contributed by atoms with Crippen LogP contribution in [0.1, 0.15) is 24.8 Å². The van der Waals surface area contributed by atoms with Crippen LogP contribution in [0.4, 0.5) is 5.69 Å². The number of carbonyl (C=O) groups is 1. The highest BCUT2D eigenvalue weighted by Crippen LogP contribution is 2.26. The lowest BCUT2D eigenvalue weighted by Crippen LogP contribution is -2.23. The van der Waals surface area contributed by atoms with E-state index in [1.807, 2.05) is 36.4 Å². The molecule has 1 amide bonds. The standard InChI is InChI=1S/C18H21N3O2/c19-15-7-6-14(9-15)18(22)21-16-4-1-5-17(10-16)23-12-13-3-2-8-20-11-13/h1-5,8,10-11,14-15H,6-7,9,12,19H2,(H,21,22). The monoisotopic (exact) mass is 311 g/mol. The second kappa shape index (κ2) is 7.24. The molecule has 1 aliphatic carbocycles. The Balaban J connectivity index is 1.57. The van der Waals surface area contributed by atoms with Crippen molar-refractivity contribution in [3.05, 3.63) is 54.4 Å². The number of aromatic nitrogens is 1. The summed E-state index contributed by atoms with van der Waals surface area (Å²) in [5.74, 6) is 0.780. The van der Waals surface area contributed by atoms with Gasteiger partial charge in [-0.1, -0.05) is 12.1 Å². The topological polar surface area (TPSA) is 77.2 Å². The molecule has 0 spiro atoms. The molecule has 0 aliphatic heterocycles. The lowest BCUT2D eigenvalue weighted by atomic mass is 10.1. The first-order chi connectivity index (χ1) is 11.2. The first kappa shape index (κ1) is 15.5. The molecule has 5 heteroatoms. The predicted molar refractivity (Wildman–Crippen MR) is 89.0 cm³/mol. The molecule has 2 unspecified atom stereocenters. The molecule has 3 N–H and O–H groups in total. The highest BCUT2D eigenvalue weighted by Gasteiger charge is 2.27. The fourth-order valence-electron chi connectivity index (χ4n) is 2.81. The van der Waals surface area contributed by atoms with Gasteiger partial charge in [0.1, 0.15) is 12.4 Å². The average Bonchev–Trinajstić information content (AvgIpc) is 3.01. The molecule has 1 aromatic heterocycles. The fraction of sp³-hybridized carbons (Fsp3) is 0.333. The van der Waals surface area contributed by atoms with Crippen LogP contribution in [0.25, 0.3) is 0 Å². The van der Waals surface area contributed by atoms with Crippen molar-refractivity contribution in [2.75, 3.05) is 5.32 Å². The van der Waals surface area contributed by atoms with Gasteiger partial charge in [0.15, 0.2) is 0 Å². The first-order valence-corrected chi connectivity index (χ1v) is 7.89. The molecule has 5 nitrogen and oxygen atoms in total. The number of nitrogens with two attached hydrogens (primary N) is 1. The van der Waals surface area contributed by atoms with Gasteiger partial charge in [0.05, 0.1) is 0 Å². The minimum atomic E-state index is 0.0185. The quantitative estimate of drug-likeness (QED) is 0.890. The van der Waals surface area contributed by atoms with E-state index in [1.54, 1.807) is 12.4 Å². The van der Waals surface area contributed by atoms with Crippen LogP contribution in [0, 0.1) is 5.92 Å². The van der Waals surface area contributed by atoms with E-state index in [-0.39, 0.29) is 17.9 Å². The second-order valence-corrected chi connectivity index (χ2v) is 5.94. The molecule has 1 aromatic carbocycles. The highest BCUT2D eigenvalue weighted by molar-refractivity contribution is 5.92. The molecular weight excluding hydrogens is 290 g/mol. The van der Waals surface area contributed by atoms with Crippen molar-refractivity contribution in [2.24, 2.45) is 11.7 Å². The fourth-order valence-corrected chi connectivity index (χ4v) is 2.81. The second-order valence-electron chi connectivity index (χ2n) is 5.94. The molecule has 1 fully saturated rings. The Kier molecular flexibility index (Phi) is 4.88. The Bertz CT molecular complexity index is 660. The summed E-state index contributed by atoms with van der Waals surface area (Å²) in [6.45, 7) is 0.447. The smallest absolute Gasteiger partial charge is 0.227 e. The summed E-state index contributed by atoms with van der Waals surface area (Å²) in [4.78, 5) is 16.3. The largest absolute Gasteiger partial charge is 0.489 e. The van der Waals surface area contributed by atoms with Gasteiger partial charge in [0, 0.05) is 41.7 Å². The van der Waals surface area contributed by atoms with Crippen LogP contribution < -0.4 is 15.8 Å². The number of nitrogens with one attached hydrogen (secondary N) is 1. The molecule has 0 bridgehead atoms.